The number of benzene rings is 2. The van der Waals surface area contributed by atoms with Crippen LogP contribution in [-0.2, 0) is 11.8 Å². The molecule has 0 saturated carbocycles. The molecule has 0 aliphatic carbocycles. The number of aryl methyl sites for hydroxylation is 1. The van der Waals surface area contributed by atoms with E-state index in [9.17, 15) is 19.5 Å². The Morgan fingerprint density at radius 3 is 2.39 bits per heavy atom. The molecule has 2 aromatic carbocycles. The van der Waals surface area contributed by atoms with Crippen molar-refractivity contribution in [2.45, 2.75) is 12.5 Å². The lowest BCUT2D eigenvalue weighted by Crippen LogP contribution is -2.33. The molecule has 0 bridgehead atoms. The zero-order valence-electron chi connectivity index (χ0n) is 15.4. The van der Waals surface area contributed by atoms with Crippen LogP contribution in [-0.4, -0.2) is 33.9 Å². The van der Waals surface area contributed by atoms with E-state index < -0.39 is 17.9 Å². The number of methoxy groups -OCH3 is 1. The van der Waals surface area contributed by atoms with Crippen molar-refractivity contribution in [1.82, 2.24) is 15.1 Å². The van der Waals surface area contributed by atoms with Crippen molar-refractivity contribution in [2.75, 3.05) is 7.11 Å². The summed E-state index contributed by atoms with van der Waals surface area (Å²) >= 11 is 0. The molecule has 1 atom stereocenters. The lowest BCUT2D eigenvalue weighted by Gasteiger charge is -2.18. The number of rotatable bonds is 6. The summed E-state index contributed by atoms with van der Waals surface area (Å²) in [7, 11) is 2.99. The second kappa shape index (κ2) is 7.91. The number of ether oxygens (including phenoxy) is 1. The minimum atomic E-state index is -1.06. The van der Waals surface area contributed by atoms with Crippen LogP contribution >= 0.6 is 0 Å². The van der Waals surface area contributed by atoms with Gasteiger partial charge >= 0.3 is 5.97 Å². The van der Waals surface area contributed by atoms with E-state index in [4.69, 9.17) is 4.74 Å². The molecule has 3 rings (SSSR count). The molecule has 8 nitrogen and oxygen atoms in total. The smallest absolute Gasteiger partial charge is 0.305 e. The second-order valence-corrected chi connectivity index (χ2v) is 6.22. The molecule has 1 heterocycles. The zero-order chi connectivity index (χ0) is 20.3. The van der Waals surface area contributed by atoms with E-state index in [1.54, 1.807) is 48.5 Å². The van der Waals surface area contributed by atoms with Crippen LogP contribution in [0, 0.1) is 0 Å². The van der Waals surface area contributed by atoms with Gasteiger partial charge in [0.25, 0.3) is 11.5 Å². The fraction of sp³-hybridized carbons (Fsp3) is 0.200. The fourth-order valence-corrected chi connectivity index (χ4v) is 2.96. The maximum atomic E-state index is 12.9. The first kappa shape index (κ1) is 19.1. The molecule has 8 heteroatoms. The Bertz CT molecular complexity index is 1090. The third kappa shape index (κ3) is 3.85. The summed E-state index contributed by atoms with van der Waals surface area (Å²) in [5.41, 5.74) is 0.358. The van der Waals surface area contributed by atoms with Crippen LogP contribution < -0.4 is 15.6 Å². The third-order valence-electron chi connectivity index (χ3n) is 4.37. The largest absolute Gasteiger partial charge is 0.497 e. The highest BCUT2D eigenvalue weighted by molar-refractivity contribution is 6.05. The van der Waals surface area contributed by atoms with Crippen LogP contribution in [0.25, 0.3) is 10.8 Å². The minimum absolute atomic E-state index is 0.0570. The van der Waals surface area contributed by atoms with Gasteiger partial charge in [-0.15, -0.1) is 0 Å². The number of nitrogens with one attached hydrogen (secondary N) is 1. The predicted molar refractivity (Wildman–Crippen MR) is 102 cm³/mol. The highest BCUT2D eigenvalue weighted by Crippen LogP contribution is 2.22. The van der Waals surface area contributed by atoms with E-state index in [1.165, 1.54) is 14.2 Å². The lowest BCUT2D eigenvalue weighted by atomic mass is 10.0. The summed E-state index contributed by atoms with van der Waals surface area (Å²) in [5, 5.41) is 16.8. The molecular formula is C20H19N3O5. The van der Waals surface area contributed by atoms with Crippen LogP contribution in [0.2, 0.25) is 0 Å². The van der Waals surface area contributed by atoms with Crippen LogP contribution in [0.15, 0.2) is 53.3 Å². The Labute approximate surface area is 160 Å². The molecule has 0 saturated heterocycles. The average molecular weight is 381 g/mol. The molecular weight excluding hydrogens is 362 g/mol. The lowest BCUT2D eigenvalue weighted by molar-refractivity contribution is -0.137. The number of carboxylic acid groups (broad SMARTS) is 1. The van der Waals surface area contributed by atoms with Crippen molar-refractivity contribution < 1.29 is 19.4 Å². The Morgan fingerprint density at radius 2 is 1.79 bits per heavy atom. The van der Waals surface area contributed by atoms with Gasteiger partial charge in [-0.2, -0.15) is 5.10 Å². The van der Waals surface area contributed by atoms with Crippen molar-refractivity contribution in [3.05, 3.63) is 70.1 Å². The van der Waals surface area contributed by atoms with Gasteiger partial charge in [-0.05, 0) is 23.8 Å². The van der Waals surface area contributed by atoms with Crippen molar-refractivity contribution in [1.29, 1.82) is 0 Å². The summed E-state index contributed by atoms with van der Waals surface area (Å²) in [4.78, 5) is 36.4. The highest BCUT2D eigenvalue weighted by Gasteiger charge is 2.22. The Kier molecular flexibility index (Phi) is 5.39. The average Bonchev–Trinajstić information content (AvgIpc) is 2.70. The van der Waals surface area contributed by atoms with Gasteiger partial charge in [-0.1, -0.05) is 30.3 Å². The number of aromatic nitrogens is 2. The number of fused-ring (bicyclic) bond motifs is 1. The molecule has 28 heavy (non-hydrogen) atoms. The quantitative estimate of drug-likeness (QED) is 0.675. The molecule has 1 aromatic heterocycles. The number of carboxylic acids is 1. The summed E-state index contributed by atoms with van der Waals surface area (Å²) < 4.78 is 6.20. The Balaban J connectivity index is 1.98. The normalized spacial score (nSPS) is 11.8. The Morgan fingerprint density at radius 1 is 1.14 bits per heavy atom. The summed E-state index contributed by atoms with van der Waals surface area (Å²) in [6, 6.07) is 12.7. The molecule has 3 aromatic rings. The predicted octanol–water partition coefficient (Wildman–Crippen LogP) is 1.89. The standard InChI is InChI=1S/C20H19N3O5/c1-23-20(27)15-6-4-3-5-14(15)18(22-23)19(26)21-16(11-17(24)25)12-7-9-13(28-2)10-8-12/h3-10,16H,11H2,1-2H3,(H,21,26)(H,24,25). The number of hydrogen-bond acceptors (Lipinski definition) is 5. The molecule has 2 N–H and O–H groups in total. The summed E-state index contributed by atoms with van der Waals surface area (Å²) in [6.45, 7) is 0. The van der Waals surface area contributed by atoms with E-state index in [0.717, 1.165) is 4.68 Å². The van der Waals surface area contributed by atoms with E-state index in [0.29, 0.717) is 22.1 Å². The number of hydrogen-bond donors (Lipinski definition) is 2. The molecule has 1 amide bonds. The minimum Gasteiger partial charge on any atom is -0.497 e. The number of carbonyl (C=O) groups excluding carboxylic acids is 1. The molecule has 0 aliphatic heterocycles. The van der Waals surface area contributed by atoms with Crippen LogP contribution in [0.1, 0.15) is 28.5 Å². The molecule has 0 radical (unpaired) electrons. The molecule has 144 valence electrons. The Hall–Kier alpha value is -3.68. The maximum absolute atomic E-state index is 12.9. The molecule has 0 aliphatic rings. The topological polar surface area (TPSA) is 111 Å². The van der Waals surface area contributed by atoms with E-state index in [-0.39, 0.29) is 17.7 Å². The van der Waals surface area contributed by atoms with Crippen LogP contribution in [0.4, 0.5) is 0 Å². The van der Waals surface area contributed by atoms with Crippen LogP contribution in [0.3, 0.4) is 0 Å². The fourth-order valence-electron chi connectivity index (χ4n) is 2.96. The summed E-state index contributed by atoms with van der Waals surface area (Å²) in [5.74, 6) is -0.997. The third-order valence-corrected chi connectivity index (χ3v) is 4.37. The molecule has 0 spiro atoms. The van der Waals surface area contributed by atoms with Crippen molar-refractivity contribution in [3.8, 4) is 5.75 Å². The first-order valence-corrected chi connectivity index (χ1v) is 8.53. The van der Waals surface area contributed by atoms with Gasteiger partial charge in [0.1, 0.15) is 5.75 Å². The van der Waals surface area contributed by atoms with Gasteiger partial charge in [0, 0.05) is 12.4 Å². The van der Waals surface area contributed by atoms with Gasteiger partial charge < -0.3 is 15.2 Å². The number of nitrogens with zero attached hydrogens (tertiary/aromatic N) is 2. The number of amides is 1. The van der Waals surface area contributed by atoms with E-state index in [2.05, 4.69) is 10.4 Å². The summed E-state index contributed by atoms with van der Waals surface area (Å²) in [6.07, 6.45) is -0.304. The van der Waals surface area contributed by atoms with E-state index in [1.807, 2.05) is 0 Å². The van der Waals surface area contributed by atoms with Gasteiger partial charge in [0.2, 0.25) is 0 Å². The van der Waals surface area contributed by atoms with Gasteiger partial charge in [0.05, 0.1) is 25.0 Å². The van der Waals surface area contributed by atoms with Crippen molar-refractivity contribution in [2.24, 2.45) is 7.05 Å². The molecule has 0 fully saturated rings. The zero-order valence-corrected chi connectivity index (χ0v) is 15.4. The van der Waals surface area contributed by atoms with Gasteiger partial charge in [-0.3, -0.25) is 14.4 Å². The SMILES string of the molecule is COc1ccc(C(CC(=O)O)NC(=O)c2nn(C)c(=O)c3ccccc23)cc1. The number of aliphatic carboxylic acids is 1. The monoisotopic (exact) mass is 381 g/mol. The van der Waals surface area contributed by atoms with Crippen LogP contribution in [0.5, 0.6) is 5.75 Å². The van der Waals surface area contributed by atoms with E-state index >= 15 is 0 Å². The highest BCUT2D eigenvalue weighted by atomic mass is 16.5. The second-order valence-electron chi connectivity index (χ2n) is 6.22. The number of carbonyl (C=O) groups is 2. The van der Waals surface area contributed by atoms with Crippen molar-refractivity contribution in [3.63, 3.8) is 0 Å². The van der Waals surface area contributed by atoms with Gasteiger partial charge in [-0.25, -0.2) is 4.68 Å². The molecule has 1 unspecified atom stereocenters. The van der Waals surface area contributed by atoms with Crippen molar-refractivity contribution >= 4 is 22.6 Å². The first-order chi connectivity index (χ1) is 13.4. The first-order valence-electron chi connectivity index (χ1n) is 8.53. The van der Waals surface area contributed by atoms with Gasteiger partial charge in [0.15, 0.2) is 5.69 Å². The maximum Gasteiger partial charge on any atom is 0.305 e.